The molecule has 3 aromatic carbocycles. The molecule has 36 heavy (non-hydrogen) atoms. The van der Waals surface area contributed by atoms with Gasteiger partial charge in [-0.05, 0) is 95.0 Å². The van der Waals surface area contributed by atoms with Gasteiger partial charge in [-0.3, -0.25) is 14.9 Å². The van der Waals surface area contributed by atoms with E-state index in [0.29, 0.717) is 22.7 Å². The lowest BCUT2D eigenvalue weighted by Gasteiger charge is -2.04. The standard InChI is InChI=1S/C27H20BrN3O5/c1-3-16-13-20(28)25-21(14-16)30-27(36-25)17-5-7-18(8-6-17)29-26(32)24-11-10-23(35-24)19-9-4-15(2)12-22(19)31(33)34/h4-14H,3H2,1-2H3,(H,29,32). The number of carbonyl (C=O) groups excluding carboxylic acids is 1. The monoisotopic (exact) mass is 545 g/mol. The molecule has 0 fully saturated rings. The summed E-state index contributed by atoms with van der Waals surface area (Å²) in [4.78, 5) is 28.3. The summed E-state index contributed by atoms with van der Waals surface area (Å²) in [6, 6.07) is 19.0. The van der Waals surface area contributed by atoms with Crippen LogP contribution in [0.25, 0.3) is 33.9 Å². The largest absolute Gasteiger partial charge is 0.451 e. The Labute approximate surface area is 214 Å². The number of oxazole rings is 1. The second-order valence-corrected chi connectivity index (χ2v) is 9.13. The molecular formula is C27H20BrN3O5. The van der Waals surface area contributed by atoms with Gasteiger partial charge in [-0.25, -0.2) is 4.98 Å². The van der Waals surface area contributed by atoms with Gasteiger partial charge in [0.2, 0.25) is 5.89 Å². The molecule has 0 aliphatic rings. The number of fused-ring (bicyclic) bond motifs is 1. The number of carbonyl (C=O) groups is 1. The smallest absolute Gasteiger partial charge is 0.291 e. The number of aromatic nitrogens is 1. The molecule has 5 aromatic rings. The van der Waals surface area contributed by atoms with Gasteiger partial charge in [0.25, 0.3) is 11.6 Å². The van der Waals surface area contributed by atoms with Gasteiger partial charge in [0.1, 0.15) is 11.3 Å². The van der Waals surface area contributed by atoms with Gasteiger partial charge >= 0.3 is 0 Å². The van der Waals surface area contributed by atoms with Crippen LogP contribution in [0.5, 0.6) is 0 Å². The van der Waals surface area contributed by atoms with Crippen molar-refractivity contribution in [3.8, 4) is 22.8 Å². The molecule has 9 heteroatoms. The van der Waals surface area contributed by atoms with E-state index in [2.05, 4.69) is 33.2 Å². The van der Waals surface area contributed by atoms with Crippen molar-refractivity contribution in [3.63, 3.8) is 0 Å². The molecule has 2 aromatic heterocycles. The maximum atomic E-state index is 12.7. The lowest BCUT2D eigenvalue weighted by Crippen LogP contribution is -2.10. The predicted molar refractivity (Wildman–Crippen MR) is 140 cm³/mol. The molecule has 0 unspecified atom stereocenters. The fourth-order valence-electron chi connectivity index (χ4n) is 3.87. The van der Waals surface area contributed by atoms with Crippen LogP contribution in [0.15, 0.2) is 80.0 Å². The second kappa shape index (κ2) is 9.43. The Morgan fingerprint density at radius 2 is 1.83 bits per heavy atom. The van der Waals surface area contributed by atoms with E-state index in [1.54, 1.807) is 49.4 Å². The molecule has 0 saturated carbocycles. The summed E-state index contributed by atoms with van der Waals surface area (Å²) in [5, 5.41) is 14.2. The quantitative estimate of drug-likeness (QED) is 0.174. The lowest BCUT2D eigenvalue weighted by atomic mass is 10.1. The first-order chi connectivity index (χ1) is 17.3. The number of hydrogen-bond donors (Lipinski definition) is 1. The van der Waals surface area contributed by atoms with Crippen molar-refractivity contribution in [2.45, 2.75) is 20.3 Å². The van der Waals surface area contributed by atoms with Gasteiger partial charge in [0.15, 0.2) is 11.3 Å². The maximum absolute atomic E-state index is 12.7. The summed E-state index contributed by atoms with van der Waals surface area (Å²) in [5.41, 5.74) is 4.92. The van der Waals surface area contributed by atoms with E-state index in [1.807, 2.05) is 12.1 Å². The van der Waals surface area contributed by atoms with E-state index < -0.39 is 10.8 Å². The Hall–Kier alpha value is -4.24. The predicted octanol–water partition coefficient (Wildman–Crippen LogP) is 7.55. The average molecular weight is 546 g/mol. The number of nitro benzene ring substituents is 1. The number of nitrogens with zero attached hydrogens (tertiary/aromatic N) is 2. The number of benzene rings is 3. The molecule has 0 aliphatic carbocycles. The van der Waals surface area contributed by atoms with Crippen molar-refractivity contribution in [1.29, 1.82) is 0 Å². The normalized spacial score (nSPS) is 11.1. The highest BCUT2D eigenvalue weighted by atomic mass is 79.9. The number of hydrogen-bond acceptors (Lipinski definition) is 6. The minimum absolute atomic E-state index is 0.0412. The lowest BCUT2D eigenvalue weighted by molar-refractivity contribution is -0.384. The zero-order valence-electron chi connectivity index (χ0n) is 19.4. The topological polar surface area (TPSA) is 111 Å². The van der Waals surface area contributed by atoms with Crippen LogP contribution >= 0.6 is 15.9 Å². The number of amides is 1. The molecular weight excluding hydrogens is 526 g/mol. The number of anilines is 1. The highest BCUT2D eigenvalue weighted by Gasteiger charge is 2.20. The number of aryl methyl sites for hydroxylation is 2. The molecule has 180 valence electrons. The average Bonchev–Trinajstić information content (AvgIpc) is 3.52. The Bertz CT molecular complexity index is 1620. The third kappa shape index (κ3) is 4.52. The highest BCUT2D eigenvalue weighted by molar-refractivity contribution is 9.10. The Morgan fingerprint density at radius 1 is 1.06 bits per heavy atom. The van der Waals surface area contributed by atoms with E-state index in [1.165, 1.54) is 12.1 Å². The molecule has 2 heterocycles. The van der Waals surface area contributed by atoms with Gasteiger partial charge in [0.05, 0.1) is 15.0 Å². The van der Waals surface area contributed by atoms with Crippen molar-refractivity contribution in [2.24, 2.45) is 0 Å². The van der Waals surface area contributed by atoms with E-state index in [9.17, 15) is 14.9 Å². The fraction of sp³-hybridized carbons (Fsp3) is 0.111. The SMILES string of the molecule is CCc1cc(Br)c2oc(-c3ccc(NC(=O)c4ccc(-c5ccc(C)cc5[N+](=O)[O-])o4)cc3)nc2c1. The van der Waals surface area contributed by atoms with Crippen LogP contribution in [-0.4, -0.2) is 15.8 Å². The number of halogens is 1. The minimum atomic E-state index is -0.471. The van der Waals surface area contributed by atoms with Crippen LogP contribution < -0.4 is 5.32 Å². The highest BCUT2D eigenvalue weighted by Crippen LogP contribution is 2.33. The van der Waals surface area contributed by atoms with Crippen LogP contribution in [-0.2, 0) is 6.42 Å². The molecule has 1 N–H and O–H groups in total. The van der Waals surface area contributed by atoms with Crippen LogP contribution in [0.3, 0.4) is 0 Å². The maximum Gasteiger partial charge on any atom is 0.291 e. The van der Waals surface area contributed by atoms with E-state index >= 15 is 0 Å². The first-order valence-corrected chi connectivity index (χ1v) is 12.0. The molecule has 0 radical (unpaired) electrons. The molecule has 0 atom stereocenters. The molecule has 8 nitrogen and oxygen atoms in total. The summed E-state index contributed by atoms with van der Waals surface area (Å²) in [6.07, 6.45) is 0.893. The van der Waals surface area contributed by atoms with Gasteiger partial charge in [0, 0.05) is 17.3 Å². The summed E-state index contributed by atoms with van der Waals surface area (Å²) in [5.74, 6) is 0.295. The van der Waals surface area contributed by atoms with Crippen LogP contribution in [0, 0.1) is 17.0 Å². The van der Waals surface area contributed by atoms with Crippen LogP contribution in [0.2, 0.25) is 0 Å². The van der Waals surface area contributed by atoms with Gasteiger partial charge in [-0.1, -0.05) is 13.0 Å². The number of rotatable bonds is 6. The molecule has 1 amide bonds. The Balaban J connectivity index is 1.34. The van der Waals surface area contributed by atoms with Gasteiger partial charge < -0.3 is 14.2 Å². The van der Waals surface area contributed by atoms with Crippen LogP contribution in [0.4, 0.5) is 11.4 Å². The number of nitrogens with one attached hydrogen (secondary N) is 1. The second-order valence-electron chi connectivity index (χ2n) is 8.27. The molecule has 0 bridgehead atoms. The number of furan rings is 1. The van der Waals surface area contributed by atoms with Crippen molar-refractivity contribution in [1.82, 2.24) is 4.98 Å². The van der Waals surface area contributed by atoms with Crippen molar-refractivity contribution in [2.75, 3.05) is 5.32 Å². The molecule has 0 aliphatic heterocycles. The Morgan fingerprint density at radius 3 is 2.56 bits per heavy atom. The van der Waals surface area contributed by atoms with Gasteiger partial charge in [-0.15, -0.1) is 0 Å². The van der Waals surface area contributed by atoms with Crippen molar-refractivity contribution in [3.05, 3.63) is 98.2 Å². The summed E-state index contributed by atoms with van der Waals surface area (Å²) in [6.45, 7) is 3.85. The van der Waals surface area contributed by atoms with E-state index in [-0.39, 0.29) is 17.2 Å². The Kier molecular flexibility index (Phi) is 6.15. The van der Waals surface area contributed by atoms with E-state index in [4.69, 9.17) is 8.83 Å². The third-order valence-corrected chi connectivity index (χ3v) is 6.34. The van der Waals surface area contributed by atoms with Crippen molar-refractivity contribution < 1.29 is 18.6 Å². The fourth-order valence-corrected chi connectivity index (χ4v) is 4.45. The summed E-state index contributed by atoms with van der Waals surface area (Å²) >= 11 is 3.54. The zero-order chi connectivity index (χ0) is 25.4. The van der Waals surface area contributed by atoms with Gasteiger partial charge in [-0.2, -0.15) is 0 Å². The van der Waals surface area contributed by atoms with Crippen LogP contribution in [0.1, 0.15) is 28.6 Å². The minimum Gasteiger partial charge on any atom is -0.451 e. The molecule has 0 spiro atoms. The summed E-state index contributed by atoms with van der Waals surface area (Å²) in [7, 11) is 0. The molecule has 5 rings (SSSR count). The molecule has 0 saturated heterocycles. The first-order valence-electron chi connectivity index (χ1n) is 11.2. The third-order valence-electron chi connectivity index (χ3n) is 5.75. The zero-order valence-corrected chi connectivity index (χ0v) is 21.0. The number of nitro groups is 1. The first kappa shape index (κ1) is 23.5. The summed E-state index contributed by atoms with van der Waals surface area (Å²) < 4.78 is 12.4. The van der Waals surface area contributed by atoms with E-state index in [0.717, 1.165) is 33.1 Å². The van der Waals surface area contributed by atoms with Crippen molar-refractivity contribution >= 4 is 44.3 Å².